The van der Waals surface area contributed by atoms with Crippen molar-refractivity contribution in [1.29, 1.82) is 0 Å². The summed E-state index contributed by atoms with van der Waals surface area (Å²) in [4.78, 5) is 15.8. The number of esters is 1. The first-order valence-corrected chi connectivity index (χ1v) is 6.50. The number of aryl methyl sites for hydroxylation is 1. The molecule has 4 nitrogen and oxygen atoms in total. The predicted octanol–water partition coefficient (Wildman–Crippen LogP) is 3.24. The molecule has 0 bridgehead atoms. The molecule has 0 spiro atoms. The maximum atomic E-state index is 11.4. The van der Waals surface area contributed by atoms with Crippen LogP contribution in [0.25, 0.3) is 0 Å². The normalized spacial score (nSPS) is 10.1. The van der Waals surface area contributed by atoms with Crippen molar-refractivity contribution in [3.63, 3.8) is 0 Å². The van der Waals surface area contributed by atoms with Crippen LogP contribution in [0, 0.1) is 0 Å². The second kappa shape index (κ2) is 5.64. The molecular weight excluding hydrogens is 248 g/mol. The van der Waals surface area contributed by atoms with Gasteiger partial charge in [0, 0.05) is 11.1 Å². The second-order valence-corrected chi connectivity index (χ2v) is 4.55. The van der Waals surface area contributed by atoms with Gasteiger partial charge in [-0.25, -0.2) is 9.78 Å². The lowest BCUT2D eigenvalue weighted by Crippen LogP contribution is -2.01. The number of thiazole rings is 1. The number of ether oxygens (including phenoxy) is 1. The van der Waals surface area contributed by atoms with Crippen molar-refractivity contribution in [3.05, 3.63) is 40.9 Å². The summed E-state index contributed by atoms with van der Waals surface area (Å²) in [7, 11) is 1.37. The number of nitrogens with zero attached hydrogens (tertiary/aromatic N) is 1. The molecule has 2 aromatic rings. The number of methoxy groups -OCH3 is 1. The largest absolute Gasteiger partial charge is 0.465 e. The summed E-state index contributed by atoms with van der Waals surface area (Å²) in [6.45, 7) is 2.07. The molecule has 1 N–H and O–H groups in total. The molecule has 0 aliphatic rings. The molecule has 0 saturated heterocycles. The van der Waals surface area contributed by atoms with E-state index in [9.17, 15) is 4.79 Å². The van der Waals surface area contributed by atoms with E-state index in [0.29, 0.717) is 5.56 Å². The highest BCUT2D eigenvalue weighted by Crippen LogP contribution is 2.22. The van der Waals surface area contributed by atoms with E-state index >= 15 is 0 Å². The molecule has 1 heterocycles. The van der Waals surface area contributed by atoms with Crippen molar-refractivity contribution in [2.75, 3.05) is 12.4 Å². The van der Waals surface area contributed by atoms with Crippen LogP contribution in [0.5, 0.6) is 0 Å². The molecule has 1 aromatic heterocycles. The number of rotatable bonds is 4. The predicted molar refractivity (Wildman–Crippen MR) is 72.6 cm³/mol. The first-order chi connectivity index (χ1) is 8.72. The Hall–Kier alpha value is -1.88. The van der Waals surface area contributed by atoms with Gasteiger partial charge in [-0.2, -0.15) is 0 Å². The Bertz CT molecular complexity index is 551. The van der Waals surface area contributed by atoms with Gasteiger partial charge in [0.05, 0.1) is 18.4 Å². The van der Waals surface area contributed by atoms with E-state index in [1.165, 1.54) is 7.11 Å². The third kappa shape index (κ3) is 2.87. The first-order valence-electron chi connectivity index (χ1n) is 5.62. The van der Waals surface area contributed by atoms with E-state index in [1.807, 2.05) is 17.5 Å². The molecule has 2 rings (SSSR count). The quantitative estimate of drug-likeness (QED) is 0.859. The molecule has 0 radical (unpaired) electrons. The van der Waals surface area contributed by atoms with Crippen molar-refractivity contribution in [3.8, 4) is 0 Å². The van der Waals surface area contributed by atoms with Crippen LogP contribution in [0.15, 0.2) is 29.6 Å². The van der Waals surface area contributed by atoms with Gasteiger partial charge >= 0.3 is 5.97 Å². The van der Waals surface area contributed by atoms with Gasteiger partial charge in [-0.1, -0.05) is 13.0 Å². The average molecular weight is 262 g/mol. The van der Waals surface area contributed by atoms with Crippen LogP contribution in [0.4, 0.5) is 10.8 Å². The lowest BCUT2D eigenvalue weighted by molar-refractivity contribution is 0.0601. The highest BCUT2D eigenvalue weighted by molar-refractivity contribution is 7.13. The van der Waals surface area contributed by atoms with Gasteiger partial charge in [0.15, 0.2) is 5.13 Å². The Morgan fingerprint density at radius 2 is 2.33 bits per heavy atom. The molecule has 0 saturated carbocycles. The van der Waals surface area contributed by atoms with Crippen LogP contribution in [0.2, 0.25) is 0 Å². The van der Waals surface area contributed by atoms with E-state index in [1.54, 1.807) is 23.5 Å². The minimum atomic E-state index is -0.341. The highest BCUT2D eigenvalue weighted by atomic mass is 32.1. The number of carbonyl (C=O) groups is 1. The third-order valence-electron chi connectivity index (χ3n) is 2.45. The molecule has 0 unspecified atom stereocenters. The topological polar surface area (TPSA) is 51.2 Å². The van der Waals surface area contributed by atoms with Crippen molar-refractivity contribution in [2.24, 2.45) is 0 Å². The molecule has 0 aliphatic carbocycles. The molecule has 94 valence electrons. The van der Waals surface area contributed by atoms with Gasteiger partial charge < -0.3 is 10.1 Å². The number of anilines is 2. The van der Waals surface area contributed by atoms with Crippen molar-refractivity contribution < 1.29 is 9.53 Å². The summed E-state index contributed by atoms with van der Waals surface area (Å²) >= 11 is 1.55. The Morgan fingerprint density at radius 1 is 1.50 bits per heavy atom. The van der Waals surface area contributed by atoms with E-state index in [2.05, 4.69) is 22.0 Å². The molecule has 18 heavy (non-hydrogen) atoms. The molecule has 0 amide bonds. The van der Waals surface area contributed by atoms with E-state index < -0.39 is 0 Å². The highest BCUT2D eigenvalue weighted by Gasteiger charge is 2.06. The van der Waals surface area contributed by atoms with Gasteiger partial charge in [-0.3, -0.25) is 0 Å². The van der Waals surface area contributed by atoms with Crippen LogP contribution >= 0.6 is 11.3 Å². The maximum Gasteiger partial charge on any atom is 0.337 e. The van der Waals surface area contributed by atoms with Gasteiger partial charge in [-0.05, 0) is 24.6 Å². The lowest BCUT2D eigenvalue weighted by Gasteiger charge is -2.04. The van der Waals surface area contributed by atoms with Crippen LogP contribution < -0.4 is 5.32 Å². The summed E-state index contributed by atoms with van der Waals surface area (Å²) in [6, 6.07) is 7.16. The molecule has 0 aliphatic heterocycles. The summed E-state index contributed by atoms with van der Waals surface area (Å²) in [5.74, 6) is -0.341. The SMILES string of the molecule is CCc1csc(Nc2cccc(C(=O)OC)c2)n1. The molecule has 0 atom stereocenters. The molecule has 1 aromatic carbocycles. The number of benzene rings is 1. The summed E-state index contributed by atoms with van der Waals surface area (Å²) in [5, 5.41) is 6.03. The second-order valence-electron chi connectivity index (χ2n) is 3.69. The summed E-state index contributed by atoms with van der Waals surface area (Å²) < 4.78 is 4.68. The molecular formula is C13H14N2O2S. The summed E-state index contributed by atoms with van der Waals surface area (Å²) in [5.41, 5.74) is 2.41. The molecule has 5 heteroatoms. The zero-order valence-corrected chi connectivity index (χ0v) is 11.1. The van der Waals surface area contributed by atoms with E-state index in [4.69, 9.17) is 0 Å². The molecule has 0 fully saturated rings. The average Bonchev–Trinajstić information content (AvgIpc) is 2.86. The van der Waals surface area contributed by atoms with Gasteiger partial charge in [0.25, 0.3) is 0 Å². The Morgan fingerprint density at radius 3 is 3.00 bits per heavy atom. The fourth-order valence-electron chi connectivity index (χ4n) is 1.49. The zero-order chi connectivity index (χ0) is 13.0. The standard InChI is InChI=1S/C13H14N2O2S/c1-3-10-8-18-13(14-10)15-11-6-4-5-9(7-11)12(16)17-2/h4-8H,3H2,1-2H3,(H,14,15). The van der Waals surface area contributed by atoms with Gasteiger partial charge in [0.2, 0.25) is 0 Å². The Kier molecular flexibility index (Phi) is 3.94. The van der Waals surface area contributed by atoms with Crippen molar-refractivity contribution in [1.82, 2.24) is 4.98 Å². The maximum absolute atomic E-state index is 11.4. The van der Waals surface area contributed by atoms with Crippen LogP contribution in [0.3, 0.4) is 0 Å². The minimum absolute atomic E-state index is 0.341. The van der Waals surface area contributed by atoms with E-state index in [0.717, 1.165) is 22.9 Å². The van der Waals surface area contributed by atoms with Crippen molar-refractivity contribution >= 4 is 28.1 Å². The zero-order valence-electron chi connectivity index (χ0n) is 10.3. The van der Waals surface area contributed by atoms with Crippen LogP contribution in [0.1, 0.15) is 23.0 Å². The Labute approximate surface area is 110 Å². The Balaban J connectivity index is 2.16. The minimum Gasteiger partial charge on any atom is -0.465 e. The van der Waals surface area contributed by atoms with Gasteiger partial charge in [-0.15, -0.1) is 11.3 Å². The number of nitrogens with one attached hydrogen (secondary N) is 1. The third-order valence-corrected chi connectivity index (χ3v) is 3.26. The number of hydrogen-bond acceptors (Lipinski definition) is 5. The smallest absolute Gasteiger partial charge is 0.337 e. The fourth-order valence-corrected chi connectivity index (χ4v) is 2.31. The lowest BCUT2D eigenvalue weighted by atomic mass is 10.2. The van der Waals surface area contributed by atoms with Crippen LogP contribution in [-0.2, 0) is 11.2 Å². The number of carbonyl (C=O) groups excluding carboxylic acids is 1. The van der Waals surface area contributed by atoms with Crippen molar-refractivity contribution in [2.45, 2.75) is 13.3 Å². The first kappa shape index (κ1) is 12.6. The fraction of sp³-hybridized carbons (Fsp3) is 0.231. The van der Waals surface area contributed by atoms with E-state index in [-0.39, 0.29) is 5.97 Å². The monoisotopic (exact) mass is 262 g/mol. The number of aromatic nitrogens is 1. The summed E-state index contributed by atoms with van der Waals surface area (Å²) in [6.07, 6.45) is 0.917. The number of hydrogen-bond donors (Lipinski definition) is 1. The van der Waals surface area contributed by atoms with Gasteiger partial charge in [0.1, 0.15) is 0 Å². The van der Waals surface area contributed by atoms with Crippen LogP contribution in [-0.4, -0.2) is 18.1 Å².